The first-order valence-corrected chi connectivity index (χ1v) is 4.06. The molecule has 1 aromatic carbocycles. The summed E-state index contributed by atoms with van der Waals surface area (Å²) in [4.78, 5) is 10.1. The van der Waals surface area contributed by atoms with Gasteiger partial charge in [-0.25, -0.2) is 13.2 Å². The van der Waals surface area contributed by atoms with Gasteiger partial charge < -0.3 is 10.4 Å². The van der Waals surface area contributed by atoms with Crippen molar-refractivity contribution in [2.75, 3.05) is 6.54 Å². The normalized spacial score (nSPS) is 10.3. The summed E-state index contributed by atoms with van der Waals surface area (Å²) in [5.74, 6) is -4.50. The predicted molar refractivity (Wildman–Crippen MR) is 45.7 cm³/mol. The summed E-state index contributed by atoms with van der Waals surface area (Å²) in [6.45, 7) is -0.648. The molecule has 0 radical (unpaired) electrons. The molecule has 0 amide bonds. The van der Waals surface area contributed by atoms with Crippen molar-refractivity contribution in [1.82, 2.24) is 5.32 Å². The van der Waals surface area contributed by atoms with Crippen molar-refractivity contribution < 1.29 is 23.1 Å². The van der Waals surface area contributed by atoms with Crippen LogP contribution in [0.25, 0.3) is 0 Å². The number of hydrogen-bond donors (Lipinski definition) is 2. The topological polar surface area (TPSA) is 49.3 Å². The van der Waals surface area contributed by atoms with Gasteiger partial charge in [-0.15, -0.1) is 0 Å². The molecule has 0 saturated heterocycles. The molecule has 3 nitrogen and oxygen atoms in total. The number of nitrogens with one attached hydrogen (secondary N) is 1. The molecule has 0 aromatic heterocycles. The van der Waals surface area contributed by atoms with Crippen molar-refractivity contribution >= 4 is 5.97 Å². The number of rotatable bonds is 4. The molecule has 0 aliphatic carbocycles. The first-order valence-electron chi connectivity index (χ1n) is 4.06. The fraction of sp³-hybridized carbons (Fsp3) is 0.222. The van der Waals surface area contributed by atoms with Crippen LogP contribution >= 0.6 is 0 Å². The molecule has 0 saturated carbocycles. The molecule has 6 heteroatoms. The van der Waals surface area contributed by atoms with Gasteiger partial charge in [0, 0.05) is 18.2 Å². The van der Waals surface area contributed by atoms with Crippen LogP contribution in [0.3, 0.4) is 0 Å². The second-order valence-electron chi connectivity index (χ2n) is 2.86. The van der Waals surface area contributed by atoms with E-state index in [1.807, 2.05) is 0 Å². The minimum atomic E-state index is -1.29. The van der Waals surface area contributed by atoms with E-state index >= 15 is 0 Å². The molecular formula is C9H8F3NO2. The molecule has 2 N–H and O–H groups in total. The SMILES string of the molecule is O=C(O)CNCc1cc(F)cc(F)c1F. The lowest BCUT2D eigenvalue weighted by Crippen LogP contribution is -2.22. The van der Waals surface area contributed by atoms with E-state index < -0.39 is 30.0 Å². The fourth-order valence-corrected chi connectivity index (χ4v) is 1.04. The maximum Gasteiger partial charge on any atom is 0.317 e. The summed E-state index contributed by atoms with van der Waals surface area (Å²) in [7, 11) is 0. The molecule has 1 aromatic rings. The quantitative estimate of drug-likeness (QED) is 0.750. The third-order valence-corrected chi connectivity index (χ3v) is 1.66. The van der Waals surface area contributed by atoms with Crippen molar-refractivity contribution in [1.29, 1.82) is 0 Å². The highest BCUT2D eigenvalue weighted by Crippen LogP contribution is 2.13. The zero-order valence-electron chi connectivity index (χ0n) is 7.56. The number of halogens is 3. The first kappa shape index (κ1) is 11.5. The van der Waals surface area contributed by atoms with Gasteiger partial charge in [0.15, 0.2) is 11.6 Å². The van der Waals surface area contributed by atoms with E-state index in [4.69, 9.17) is 5.11 Å². The largest absolute Gasteiger partial charge is 0.480 e. The lowest BCUT2D eigenvalue weighted by Gasteiger charge is -2.04. The molecule has 0 spiro atoms. The second-order valence-corrected chi connectivity index (χ2v) is 2.86. The lowest BCUT2D eigenvalue weighted by atomic mass is 10.2. The van der Waals surface area contributed by atoms with Gasteiger partial charge in [0.2, 0.25) is 0 Å². The molecule has 1 rings (SSSR count). The smallest absolute Gasteiger partial charge is 0.317 e. The van der Waals surface area contributed by atoms with Crippen LogP contribution in [-0.2, 0) is 11.3 Å². The zero-order valence-corrected chi connectivity index (χ0v) is 7.56. The Kier molecular flexibility index (Phi) is 3.68. The Balaban J connectivity index is 2.72. The predicted octanol–water partition coefficient (Wildman–Crippen LogP) is 1.28. The molecule has 15 heavy (non-hydrogen) atoms. The van der Waals surface area contributed by atoms with E-state index in [0.29, 0.717) is 6.07 Å². The lowest BCUT2D eigenvalue weighted by molar-refractivity contribution is -0.136. The Morgan fingerprint density at radius 1 is 1.33 bits per heavy atom. The maximum atomic E-state index is 13.0. The highest BCUT2D eigenvalue weighted by atomic mass is 19.2. The molecule has 82 valence electrons. The number of carbonyl (C=O) groups is 1. The molecule has 0 unspecified atom stereocenters. The Morgan fingerprint density at radius 3 is 2.60 bits per heavy atom. The molecule has 0 aliphatic heterocycles. The van der Waals surface area contributed by atoms with Crippen LogP contribution in [0.2, 0.25) is 0 Å². The molecule has 0 fully saturated rings. The van der Waals surface area contributed by atoms with Gasteiger partial charge in [0.25, 0.3) is 0 Å². The molecule has 0 atom stereocenters. The average molecular weight is 219 g/mol. The van der Waals surface area contributed by atoms with E-state index in [0.717, 1.165) is 6.07 Å². The minimum Gasteiger partial charge on any atom is -0.480 e. The van der Waals surface area contributed by atoms with Gasteiger partial charge in [-0.2, -0.15) is 0 Å². The summed E-state index contributed by atoms with van der Waals surface area (Å²) in [5, 5.41) is 10.6. The standard InChI is InChI=1S/C9H8F3NO2/c10-6-1-5(3-13-4-8(14)15)9(12)7(11)2-6/h1-2,13H,3-4H2,(H,14,15). The van der Waals surface area contributed by atoms with E-state index in [1.54, 1.807) is 0 Å². The van der Waals surface area contributed by atoms with Crippen LogP contribution in [0.1, 0.15) is 5.56 Å². The number of aliphatic carboxylic acids is 1. The summed E-state index contributed by atoms with van der Waals surface area (Å²) < 4.78 is 38.3. The average Bonchev–Trinajstić information content (AvgIpc) is 2.12. The maximum absolute atomic E-state index is 13.0. The van der Waals surface area contributed by atoms with Gasteiger partial charge in [0.05, 0.1) is 6.54 Å². The van der Waals surface area contributed by atoms with Crippen LogP contribution in [0.15, 0.2) is 12.1 Å². The van der Waals surface area contributed by atoms with Gasteiger partial charge in [-0.3, -0.25) is 4.79 Å². The molecule has 0 bridgehead atoms. The Hall–Kier alpha value is -1.56. The van der Waals surface area contributed by atoms with Gasteiger partial charge in [0.1, 0.15) is 5.82 Å². The third-order valence-electron chi connectivity index (χ3n) is 1.66. The van der Waals surface area contributed by atoms with Crippen LogP contribution < -0.4 is 5.32 Å². The van der Waals surface area contributed by atoms with E-state index in [1.165, 1.54) is 0 Å². The van der Waals surface area contributed by atoms with Crippen LogP contribution in [0.5, 0.6) is 0 Å². The van der Waals surface area contributed by atoms with Gasteiger partial charge in [-0.05, 0) is 6.07 Å². The number of carboxylic acid groups (broad SMARTS) is 1. The summed E-state index contributed by atoms with van der Waals surface area (Å²) in [6, 6.07) is 1.24. The van der Waals surface area contributed by atoms with Gasteiger partial charge >= 0.3 is 5.97 Å². The van der Waals surface area contributed by atoms with E-state index in [-0.39, 0.29) is 12.1 Å². The van der Waals surface area contributed by atoms with Crippen LogP contribution in [-0.4, -0.2) is 17.6 Å². The monoisotopic (exact) mass is 219 g/mol. The zero-order chi connectivity index (χ0) is 11.4. The second kappa shape index (κ2) is 4.79. The first-order chi connectivity index (χ1) is 7.00. The van der Waals surface area contributed by atoms with Crippen molar-refractivity contribution in [3.05, 3.63) is 35.1 Å². The highest BCUT2D eigenvalue weighted by molar-refractivity contribution is 5.68. The van der Waals surface area contributed by atoms with Crippen molar-refractivity contribution in [3.63, 3.8) is 0 Å². The number of hydrogen-bond acceptors (Lipinski definition) is 2. The molecular weight excluding hydrogens is 211 g/mol. The van der Waals surface area contributed by atoms with E-state index in [2.05, 4.69) is 5.32 Å². The minimum absolute atomic E-state index is 0.242. The summed E-state index contributed by atoms with van der Waals surface area (Å²) in [5.41, 5.74) is -0.242. The Morgan fingerprint density at radius 2 is 2.00 bits per heavy atom. The molecule has 0 heterocycles. The fourth-order valence-electron chi connectivity index (χ4n) is 1.04. The van der Waals surface area contributed by atoms with Crippen molar-refractivity contribution in [2.24, 2.45) is 0 Å². The van der Waals surface area contributed by atoms with Crippen molar-refractivity contribution in [3.8, 4) is 0 Å². The molecule has 0 aliphatic rings. The van der Waals surface area contributed by atoms with Crippen LogP contribution in [0, 0.1) is 17.5 Å². The number of carboxylic acids is 1. The highest BCUT2D eigenvalue weighted by Gasteiger charge is 2.10. The van der Waals surface area contributed by atoms with E-state index in [9.17, 15) is 18.0 Å². The van der Waals surface area contributed by atoms with Crippen molar-refractivity contribution in [2.45, 2.75) is 6.54 Å². The summed E-state index contributed by atoms with van der Waals surface area (Å²) in [6.07, 6.45) is 0. The van der Waals surface area contributed by atoms with Crippen LogP contribution in [0.4, 0.5) is 13.2 Å². The third kappa shape index (κ3) is 3.25. The van der Waals surface area contributed by atoms with Gasteiger partial charge in [-0.1, -0.05) is 0 Å². The Bertz CT molecular complexity index is 382. The number of benzene rings is 1. The summed E-state index contributed by atoms with van der Waals surface area (Å²) >= 11 is 0. The Labute approximate surface area is 83.5 Å².